The lowest BCUT2D eigenvalue weighted by Gasteiger charge is -2.28. The molecule has 8 nitrogen and oxygen atoms in total. The van der Waals surface area contributed by atoms with Gasteiger partial charge in [-0.15, -0.1) is 11.3 Å². The third kappa shape index (κ3) is 3.59. The third-order valence-corrected chi connectivity index (χ3v) is 8.18. The van der Waals surface area contributed by atoms with Crippen LogP contribution in [0.4, 0.5) is 0 Å². The molecule has 0 spiro atoms. The van der Waals surface area contributed by atoms with Crippen molar-refractivity contribution < 1.29 is 9.47 Å². The van der Waals surface area contributed by atoms with Crippen molar-refractivity contribution in [2.24, 2.45) is 5.92 Å². The predicted octanol–water partition coefficient (Wildman–Crippen LogP) is 3.20. The minimum atomic E-state index is -0.351. The van der Waals surface area contributed by atoms with Gasteiger partial charge in [0.2, 0.25) is 0 Å². The summed E-state index contributed by atoms with van der Waals surface area (Å²) in [6, 6.07) is 9.75. The van der Waals surface area contributed by atoms with E-state index in [0.717, 1.165) is 60.8 Å². The molecule has 2 aliphatic rings. The molecule has 6 rings (SSSR count). The van der Waals surface area contributed by atoms with Gasteiger partial charge in [-0.25, -0.2) is 9.78 Å². The second kappa shape index (κ2) is 8.56. The molecule has 4 aromatic rings. The Morgan fingerprint density at radius 3 is 2.97 bits per heavy atom. The normalized spacial score (nSPS) is 19.8. The van der Waals surface area contributed by atoms with Crippen molar-refractivity contribution in [1.29, 1.82) is 0 Å². The Kier molecular flexibility index (Phi) is 5.38. The minimum absolute atomic E-state index is 0.225. The Hall–Kier alpha value is -3.17. The lowest BCUT2D eigenvalue weighted by Crippen LogP contribution is -2.34. The van der Waals surface area contributed by atoms with Gasteiger partial charge in [-0.1, -0.05) is 0 Å². The van der Waals surface area contributed by atoms with E-state index in [-0.39, 0.29) is 11.2 Å². The van der Waals surface area contributed by atoms with E-state index in [1.807, 2.05) is 24.3 Å². The summed E-state index contributed by atoms with van der Waals surface area (Å²) in [6.07, 6.45) is 3.39. The fourth-order valence-electron chi connectivity index (χ4n) is 5.34. The molecule has 9 heteroatoms. The third-order valence-electron chi connectivity index (χ3n) is 7.07. The predicted molar refractivity (Wildman–Crippen MR) is 132 cm³/mol. The van der Waals surface area contributed by atoms with Crippen molar-refractivity contribution in [2.45, 2.75) is 25.3 Å². The zero-order chi connectivity index (χ0) is 23.2. The maximum absolute atomic E-state index is 13.0. The Morgan fingerprint density at radius 2 is 2.09 bits per heavy atom. The number of methoxy groups -OCH3 is 1. The number of pyridine rings is 1. The molecule has 2 atom stereocenters. The van der Waals surface area contributed by atoms with Crippen LogP contribution in [-0.2, 0) is 6.54 Å². The van der Waals surface area contributed by atoms with E-state index in [1.54, 1.807) is 13.3 Å². The van der Waals surface area contributed by atoms with Crippen LogP contribution in [0.15, 0.2) is 46.1 Å². The number of aromatic amines is 1. The van der Waals surface area contributed by atoms with Gasteiger partial charge in [0.25, 0.3) is 5.56 Å². The summed E-state index contributed by atoms with van der Waals surface area (Å²) in [6.45, 7) is 4.09. The van der Waals surface area contributed by atoms with E-state index in [0.29, 0.717) is 28.6 Å². The van der Waals surface area contributed by atoms with Gasteiger partial charge in [-0.3, -0.25) is 9.36 Å². The highest BCUT2D eigenvalue weighted by Gasteiger charge is 2.38. The number of thiophene rings is 1. The Morgan fingerprint density at radius 1 is 1.21 bits per heavy atom. The molecule has 0 saturated carbocycles. The molecule has 3 aromatic heterocycles. The molecule has 1 N–H and O–H groups in total. The Bertz CT molecular complexity index is 1490. The van der Waals surface area contributed by atoms with E-state index in [2.05, 4.69) is 20.9 Å². The molecule has 5 heterocycles. The van der Waals surface area contributed by atoms with Gasteiger partial charge >= 0.3 is 5.69 Å². The number of nitrogens with zero attached hydrogens (tertiary/aromatic N) is 3. The van der Waals surface area contributed by atoms with Crippen LogP contribution in [0, 0.1) is 5.92 Å². The number of hydrogen-bond donors (Lipinski definition) is 1. The van der Waals surface area contributed by atoms with Crippen molar-refractivity contribution in [3.05, 3.63) is 62.9 Å². The number of rotatable bonds is 6. The lowest BCUT2D eigenvalue weighted by molar-refractivity contribution is 0.212. The number of unbranched alkanes of at least 4 members (excludes halogenated alkanes) is 1. The first-order valence-corrected chi connectivity index (χ1v) is 12.5. The number of H-pyrrole nitrogens is 1. The summed E-state index contributed by atoms with van der Waals surface area (Å²) in [7, 11) is 1.69. The SMILES string of the molecule is COc1ccc2c(c1)[C@@H]1CN(CCCCn3c(=O)[nH]c4c(sc5ncccc54)c3=O)C[C@@H]1CO2. The molecular weight excluding hydrogens is 452 g/mol. The average molecular weight is 479 g/mol. The summed E-state index contributed by atoms with van der Waals surface area (Å²) in [5, 5.41) is 0.822. The lowest BCUT2D eigenvalue weighted by atomic mass is 9.87. The molecule has 0 radical (unpaired) electrons. The van der Waals surface area contributed by atoms with Crippen LogP contribution in [-0.4, -0.2) is 52.8 Å². The van der Waals surface area contributed by atoms with Gasteiger partial charge in [-0.2, -0.15) is 0 Å². The fraction of sp³-hybridized carbons (Fsp3) is 0.400. The molecule has 1 fully saturated rings. The van der Waals surface area contributed by atoms with E-state index in [9.17, 15) is 9.59 Å². The van der Waals surface area contributed by atoms with E-state index >= 15 is 0 Å². The van der Waals surface area contributed by atoms with Gasteiger partial charge < -0.3 is 19.4 Å². The maximum atomic E-state index is 13.0. The molecule has 34 heavy (non-hydrogen) atoms. The van der Waals surface area contributed by atoms with Crippen molar-refractivity contribution in [3.63, 3.8) is 0 Å². The second-order valence-electron chi connectivity index (χ2n) is 9.10. The van der Waals surface area contributed by atoms with Crippen LogP contribution >= 0.6 is 11.3 Å². The van der Waals surface area contributed by atoms with Crippen molar-refractivity contribution in [2.75, 3.05) is 33.4 Å². The summed E-state index contributed by atoms with van der Waals surface area (Å²) in [5.41, 5.74) is 1.26. The second-order valence-corrected chi connectivity index (χ2v) is 10.1. The summed E-state index contributed by atoms with van der Waals surface area (Å²) in [4.78, 5) is 36.1. The van der Waals surface area contributed by atoms with E-state index in [1.165, 1.54) is 21.5 Å². The van der Waals surface area contributed by atoms with Crippen LogP contribution in [0.1, 0.15) is 24.3 Å². The number of aromatic nitrogens is 3. The molecular formula is C25H26N4O4S. The van der Waals surface area contributed by atoms with Crippen molar-refractivity contribution in [3.8, 4) is 11.5 Å². The number of likely N-dealkylation sites (tertiary alicyclic amines) is 1. The van der Waals surface area contributed by atoms with Gasteiger partial charge in [-0.05, 0) is 49.7 Å². The van der Waals surface area contributed by atoms with Crippen LogP contribution in [0.25, 0.3) is 20.4 Å². The zero-order valence-corrected chi connectivity index (χ0v) is 19.8. The highest BCUT2D eigenvalue weighted by molar-refractivity contribution is 7.25. The van der Waals surface area contributed by atoms with Crippen molar-refractivity contribution in [1.82, 2.24) is 19.4 Å². The van der Waals surface area contributed by atoms with Crippen LogP contribution in [0.3, 0.4) is 0 Å². The number of hydrogen-bond acceptors (Lipinski definition) is 7. The monoisotopic (exact) mass is 478 g/mol. The summed E-state index contributed by atoms with van der Waals surface area (Å²) >= 11 is 1.34. The average Bonchev–Trinajstić information content (AvgIpc) is 3.45. The van der Waals surface area contributed by atoms with Crippen molar-refractivity contribution >= 4 is 31.8 Å². The molecule has 0 amide bonds. The highest BCUT2D eigenvalue weighted by Crippen LogP contribution is 2.43. The van der Waals surface area contributed by atoms with Gasteiger partial charge in [0.15, 0.2) is 0 Å². The summed E-state index contributed by atoms with van der Waals surface area (Å²) < 4.78 is 13.3. The highest BCUT2D eigenvalue weighted by atomic mass is 32.1. The number of ether oxygens (including phenoxy) is 2. The number of benzene rings is 1. The molecule has 1 aromatic carbocycles. The fourth-order valence-corrected chi connectivity index (χ4v) is 6.39. The molecule has 0 aliphatic carbocycles. The van der Waals surface area contributed by atoms with Gasteiger partial charge in [0.1, 0.15) is 21.0 Å². The Balaban J connectivity index is 1.11. The first-order valence-electron chi connectivity index (χ1n) is 11.7. The van der Waals surface area contributed by atoms with Crippen LogP contribution in [0.5, 0.6) is 11.5 Å². The largest absolute Gasteiger partial charge is 0.497 e. The molecule has 0 bridgehead atoms. The smallest absolute Gasteiger partial charge is 0.328 e. The zero-order valence-electron chi connectivity index (χ0n) is 19.0. The van der Waals surface area contributed by atoms with E-state index in [4.69, 9.17) is 9.47 Å². The van der Waals surface area contributed by atoms with Gasteiger partial charge in [0, 0.05) is 48.6 Å². The van der Waals surface area contributed by atoms with Crippen LogP contribution in [0.2, 0.25) is 0 Å². The standard InChI is InChI=1S/C25H26N4O4S/c1-32-16-6-7-20-18(11-16)19-13-28(12-15(19)14-33-20)9-2-3-10-29-24(30)22-21(27-25(29)31)17-5-4-8-26-23(17)34-22/h4-8,11,15,19H,2-3,9-10,12-14H2,1H3,(H,27,31)/t15-,19-/m1/s1. The minimum Gasteiger partial charge on any atom is -0.497 e. The number of nitrogens with one attached hydrogen (secondary N) is 1. The quantitative estimate of drug-likeness (QED) is 0.428. The first-order chi connectivity index (χ1) is 16.6. The molecule has 2 aliphatic heterocycles. The topological polar surface area (TPSA) is 89.5 Å². The van der Waals surface area contributed by atoms with Crippen LogP contribution < -0.4 is 20.7 Å². The first kappa shape index (κ1) is 21.4. The maximum Gasteiger partial charge on any atom is 0.328 e. The van der Waals surface area contributed by atoms with Gasteiger partial charge in [0.05, 0.1) is 19.2 Å². The number of fused-ring (bicyclic) bond motifs is 6. The molecule has 176 valence electrons. The molecule has 0 unspecified atom stereocenters. The molecule has 1 saturated heterocycles. The Labute approximate surface area is 199 Å². The summed E-state index contributed by atoms with van der Waals surface area (Å²) in [5.74, 6) is 2.76. The van der Waals surface area contributed by atoms with E-state index < -0.39 is 0 Å².